The van der Waals surface area contributed by atoms with Gasteiger partial charge in [-0.15, -0.1) is 0 Å². The molecule has 1 aromatic rings. The molecule has 7 N–H and O–H groups in total. The molecule has 0 radical (unpaired) electrons. The average molecular weight is 444 g/mol. The fraction of sp³-hybridized carbons (Fsp3) is 0.176. The van der Waals surface area contributed by atoms with E-state index < -0.39 is 39.3 Å². The molecule has 1 aliphatic rings. The van der Waals surface area contributed by atoms with Crippen LogP contribution < -0.4 is 10.5 Å². The van der Waals surface area contributed by atoms with Crippen molar-refractivity contribution in [1.82, 2.24) is 5.32 Å². The third-order valence-electron chi connectivity index (χ3n) is 3.18. The quantitative estimate of drug-likeness (QED) is 0.314. The van der Waals surface area contributed by atoms with Crippen molar-refractivity contribution in [2.24, 2.45) is 5.14 Å². The van der Waals surface area contributed by atoms with Crippen molar-refractivity contribution in [3.05, 3.63) is 59.7 Å². The van der Waals surface area contributed by atoms with E-state index in [1.807, 2.05) is 24.3 Å². The number of benzene rings is 1. The van der Waals surface area contributed by atoms with Crippen LogP contribution in [0.25, 0.3) is 0 Å². The van der Waals surface area contributed by atoms with Crippen molar-refractivity contribution < 1.29 is 48.0 Å². The molecule has 13 heteroatoms. The number of carbonyl (C=O) groups is 4. The normalized spacial score (nSPS) is 15.2. The molecule has 0 fully saturated rings. The first-order valence-electron chi connectivity index (χ1n) is 7.92. The third kappa shape index (κ3) is 12.8. The Morgan fingerprint density at radius 2 is 1.20 bits per heavy atom. The lowest BCUT2D eigenvalue weighted by Crippen LogP contribution is -2.44. The lowest BCUT2D eigenvalue weighted by atomic mass is 10.0. The number of carboxylic acid groups (broad SMARTS) is 4. The SMILES string of the molecule is NS(=O)(=O)C1Cc2ccccc2CN1.O=C(O)/C=C/C(=O)O.O=C(O)/C=C/C(=O)O. The summed E-state index contributed by atoms with van der Waals surface area (Å²) in [5, 5.41) is 38.6. The molecule has 1 unspecified atom stereocenters. The first-order valence-corrected chi connectivity index (χ1v) is 9.53. The summed E-state index contributed by atoms with van der Waals surface area (Å²) in [6.45, 7) is 0.567. The maximum absolute atomic E-state index is 11.1. The van der Waals surface area contributed by atoms with Crippen LogP contribution in [0.2, 0.25) is 0 Å². The Bertz CT molecular complexity index is 872. The fourth-order valence-corrected chi connectivity index (χ4v) is 2.67. The minimum atomic E-state index is -3.48. The Morgan fingerprint density at radius 3 is 1.53 bits per heavy atom. The second-order valence-electron chi connectivity index (χ2n) is 5.45. The molecule has 12 nitrogen and oxygen atoms in total. The molecule has 164 valence electrons. The number of nitrogens with two attached hydrogens (primary N) is 1. The molecule has 30 heavy (non-hydrogen) atoms. The monoisotopic (exact) mass is 444 g/mol. The summed E-state index contributed by atoms with van der Waals surface area (Å²) < 4.78 is 22.2. The number of sulfonamides is 1. The number of aliphatic carboxylic acids is 4. The van der Waals surface area contributed by atoms with E-state index >= 15 is 0 Å². The first-order chi connectivity index (χ1) is 13.8. The van der Waals surface area contributed by atoms with Gasteiger partial charge in [-0.2, -0.15) is 0 Å². The van der Waals surface area contributed by atoms with Gasteiger partial charge in [0.05, 0.1) is 0 Å². The Hall–Kier alpha value is -3.55. The summed E-state index contributed by atoms with van der Waals surface area (Å²) in [5.41, 5.74) is 2.21. The smallest absolute Gasteiger partial charge is 0.328 e. The van der Waals surface area contributed by atoms with E-state index in [-0.39, 0.29) is 0 Å². The van der Waals surface area contributed by atoms with E-state index in [0.717, 1.165) is 11.1 Å². The molecule has 2 rings (SSSR count). The number of rotatable bonds is 5. The summed E-state index contributed by atoms with van der Waals surface area (Å²) in [7, 11) is -3.48. The molecule has 1 atom stereocenters. The molecule has 0 aromatic heterocycles. The van der Waals surface area contributed by atoms with Gasteiger partial charge in [0.2, 0.25) is 10.0 Å². The molecule has 0 aliphatic carbocycles. The van der Waals surface area contributed by atoms with Crippen LogP contribution >= 0.6 is 0 Å². The predicted octanol–water partition coefficient (Wildman–Crippen LogP) is -0.629. The number of hydrogen-bond acceptors (Lipinski definition) is 7. The summed E-state index contributed by atoms with van der Waals surface area (Å²) in [6, 6.07) is 7.78. The van der Waals surface area contributed by atoms with Gasteiger partial charge in [-0.05, 0) is 11.1 Å². The van der Waals surface area contributed by atoms with Crippen LogP contribution in [0.3, 0.4) is 0 Å². The molecule has 0 spiro atoms. The molecule has 0 saturated carbocycles. The van der Waals surface area contributed by atoms with Crippen LogP contribution in [0.5, 0.6) is 0 Å². The summed E-state index contributed by atoms with van der Waals surface area (Å²) in [4.78, 5) is 38.2. The predicted molar refractivity (Wildman–Crippen MR) is 103 cm³/mol. The van der Waals surface area contributed by atoms with Gasteiger partial charge in [0, 0.05) is 37.3 Å². The highest BCUT2D eigenvalue weighted by molar-refractivity contribution is 7.89. The molecule has 1 heterocycles. The summed E-state index contributed by atoms with van der Waals surface area (Å²) in [6.07, 6.45) is 2.68. The zero-order valence-electron chi connectivity index (χ0n) is 15.3. The molecular formula is C17H20N2O10S. The second-order valence-corrected chi connectivity index (χ2v) is 7.20. The Kier molecular flexibility index (Phi) is 11.3. The summed E-state index contributed by atoms with van der Waals surface area (Å²) >= 11 is 0. The number of carboxylic acids is 4. The number of hydrogen-bond donors (Lipinski definition) is 6. The van der Waals surface area contributed by atoms with Crippen molar-refractivity contribution in [1.29, 1.82) is 0 Å². The van der Waals surface area contributed by atoms with Gasteiger partial charge in [-0.1, -0.05) is 24.3 Å². The van der Waals surface area contributed by atoms with E-state index in [0.29, 0.717) is 37.3 Å². The van der Waals surface area contributed by atoms with Gasteiger partial charge >= 0.3 is 23.9 Å². The van der Waals surface area contributed by atoms with Crippen molar-refractivity contribution in [3.8, 4) is 0 Å². The number of fused-ring (bicyclic) bond motifs is 1. The minimum absolute atomic E-state index is 0.453. The van der Waals surface area contributed by atoms with Crippen molar-refractivity contribution >= 4 is 33.9 Å². The van der Waals surface area contributed by atoms with Gasteiger partial charge in [0.1, 0.15) is 5.37 Å². The lowest BCUT2D eigenvalue weighted by molar-refractivity contribution is -0.134. The van der Waals surface area contributed by atoms with Crippen LogP contribution in [0.4, 0.5) is 0 Å². The van der Waals surface area contributed by atoms with Crippen LogP contribution in [0.1, 0.15) is 11.1 Å². The highest BCUT2D eigenvalue weighted by atomic mass is 32.2. The van der Waals surface area contributed by atoms with E-state index in [2.05, 4.69) is 5.32 Å². The van der Waals surface area contributed by atoms with Gasteiger partial charge < -0.3 is 20.4 Å². The van der Waals surface area contributed by atoms with E-state index in [9.17, 15) is 27.6 Å². The highest BCUT2D eigenvalue weighted by Gasteiger charge is 2.25. The molecule has 0 amide bonds. The van der Waals surface area contributed by atoms with Crippen molar-refractivity contribution in [2.75, 3.05) is 0 Å². The van der Waals surface area contributed by atoms with E-state index in [4.69, 9.17) is 25.6 Å². The Morgan fingerprint density at radius 1 is 0.833 bits per heavy atom. The highest BCUT2D eigenvalue weighted by Crippen LogP contribution is 2.17. The first kappa shape index (κ1) is 26.4. The number of nitrogens with one attached hydrogen (secondary N) is 1. The third-order valence-corrected chi connectivity index (χ3v) is 4.30. The van der Waals surface area contributed by atoms with Gasteiger partial charge in [-0.25, -0.2) is 32.7 Å². The second kappa shape index (κ2) is 12.8. The van der Waals surface area contributed by atoms with Gasteiger partial charge in [0.25, 0.3) is 0 Å². The van der Waals surface area contributed by atoms with Crippen LogP contribution in [-0.4, -0.2) is 58.1 Å². The zero-order chi connectivity index (χ0) is 23.3. The standard InChI is InChI=1S/C9H12N2O2S.2C4H4O4/c10-14(12,13)9-5-7-3-1-2-4-8(7)6-11-9;2*5-3(6)1-2-4(7)8/h1-4,9,11H,5-6H2,(H2,10,12,13);2*1-2H,(H,5,6)(H,7,8)/b;2*2-1+. The van der Waals surface area contributed by atoms with Gasteiger partial charge in [-0.3, -0.25) is 5.32 Å². The summed E-state index contributed by atoms with van der Waals surface area (Å²) in [5.74, 6) is -5.03. The topological polar surface area (TPSA) is 221 Å². The lowest BCUT2D eigenvalue weighted by Gasteiger charge is -2.24. The number of primary sulfonamides is 1. The van der Waals surface area contributed by atoms with Gasteiger partial charge in [0.15, 0.2) is 0 Å². The maximum Gasteiger partial charge on any atom is 0.328 e. The Balaban J connectivity index is 0.000000456. The molecule has 1 aromatic carbocycles. The van der Waals surface area contributed by atoms with Crippen LogP contribution in [0, 0.1) is 0 Å². The van der Waals surface area contributed by atoms with Crippen molar-refractivity contribution in [3.63, 3.8) is 0 Å². The molecule has 0 bridgehead atoms. The molecule has 1 aliphatic heterocycles. The molecule has 0 saturated heterocycles. The van der Waals surface area contributed by atoms with E-state index in [1.165, 1.54) is 0 Å². The average Bonchev–Trinajstić information content (AvgIpc) is 2.64. The van der Waals surface area contributed by atoms with Crippen molar-refractivity contribution in [2.45, 2.75) is 18.3 Å². The van der Waals surface area contributed by atoms with Crippen LogP contribution in [-0.2, 0) is 42.2 Å². The molecular weight excluding hydrogens is 424 g/mol. The maximum atomic E-state index is 11.1. The van der Waals surface area contributed by atoms with E-state index in [1.54, 1.807) is 0 Å². The zero-order valence-corrected chi connectivity index (χ0v) is 16.2. The van der Waals surface area contributed by atoms with Crippen LogP contribution in [0.15, 0.2) is 48.6 Å². The fourth-order valence-electron chi connectivity index (χ4n) is 1.94. The Labute approximate surface area is 171 Å². The largest absolute Gasteiger partial charge is 0.478 e. The minimum Gasteiger partial charge on any atom is -0.478 e.